The number of rotatable bonds is 2. The summed E-state index contributed by atoms with van der Waals surface area (Å²) in [5.74, 6) is 1.63. The molecule has 2 fully saturated rings. The molecule has 1 saturated carbocycles. The summed E-state index contributed by atoms with van der Waals surface area (Å²) in [5, 5.41) is 7.53. The van der Waals surface area contributed by atoms with Gasteiger partial charge in [-0.3, -0.25) is 0 Å². The Hall–Kier alpha value is -0.0800. The summed E-state index contributed by atoms with van der Waals surface area (Å²) in [6.45, 7) is 12.0. The second kappa shape index (κ2) is 5.92. The highest BCUT2D eigenvalue weighted by Gasteiger charge is 2.36. The highest BCUT2D eigenvalue weighted by atomic mass is 15.0. The Labute approximate surface area is 113 Å². The van der Waals surface area contributed by atoms with Gasteiger partial charge in [-0.25, -0.2) is 0 Å². The van der Waals surface area contributed by atoms with E-state index in [4.69, 9.17) is 0 Å². The molecule has 0 aromatic rings. The molecule has 0 spiro atoms. The lowest BCUT2D eigenvalue weighted by atomic mass is 9.69. The fourth-order valence-electron chi connectivity index (χ4n) is 3.90. The van der Waals surface area contributed by atoms with E-state index in [0.29, 0.717) is 5.41 Å². The predicted octanol–water partition coefficient (Wildman–Crippen LogP) is 3.18. The molecule has 4 unspecified atom stereocenters. The number of nitrogens with one attached hydrogen (secondary N) is 2. The van der Waals surface area contributed by atoms with Gasteiger partial charge in [-0.15, -0.1) is 0 Å². The van der Waals surface area contributed by atoms with Gasteiger partial charge in [0.15, 0.2) is 0 Å². The van der Waals surface area contributed by atoms with Crippen LogP contribution >= 0.6 is 0 Å². The molecule has 0 radical (unpaired) electrons. The lowest BCUT2D eigenvalue weighted by Gasteiger charge is -2.44. The van der Waals surface area contributed by atoms with Crippen LogP contribution < -0.4 is 10.6 Å². The van der Waals surface area contributed by atoms with E-state index in [1.165, 1.54) is 45.2 Å². The van der Waals surface area contributed by atoms with Crippen LogP contribution in [0.15, 0.2) is 0 Å². The van der Waals surface area contributed by atoms with Gasteiger partial charge in [0.25, 0.3) is 0 Å². The summed E-state index contributed by atoms with van der Waals surface area (Å²) in [4.78, 5) is 0. The average molecular weight is 252 g/mol. The zero-order valence-corrected chi connectivity index (χ0v) is 12.8. The summed E-state index contributed by atoms with van der Waals surface area (Å²) in [6, 6.07) is 1.49. The largest absolute Gasteiger partial charge is 0.316 e. The van der Waals surface area contributed by atoms with Crippen LogP contribution in [0.2, 0.25) is 0 Å². The van der Waals surface area contributed by atoms with Gasteiger partial charge in [0.05, 0.1) is 0 Å². The number of hydrogen-bond donors (Lipinski definition) is 2. The van der Waals surface area contributed by atoms with Gasteiger partial charge in [0.2, 0.25) is 0 Å². The van der Waals surface area contributed by atoms with Gasteiger partial charge in [-0.2, -0.15) is 0 Å². The van der Waals surface area contributed by atoms with Crippen LogP contribution in [0, 0.1) is 17.3 Å². The van der Waals surface area contributed by atoms with E-state index >= 15 is 0 Å². The first-order valence-corrected chi connectivity index (χ1v) is 7.95. The third kappa shape index (κ3) is 3.48. The Balaban J connectivity index is 1.96. The zero-order valence-electron chi connectivity index (χ0n) is 12.8. The molecular weight excluding hydrogens is 220 g/mol. The van der Waals surface area contributed by atoms with Gasteiger partial charge in [-0.1, -0.05) is 40.5 Å². The summed E-state index contributed by atoms with van der Waals surface area (Å²) in [5.41, 5.74) is 0.453. The molecule has 0 amide bonds. The lowest BCUT2D eigenvalue weighted by Crippen LogP contribution is -2.54. The summed E-state index contributed by atoms with van der Waals surface area (Å²) < 4.78 is 0. The fourth-order valence-corrected chi connectivity index (χ4v) is 3.90. The summed E-state index contributed by atoms with van der Waals surface area (Å²) in [6.07, 6.45) is 6.96. The van der Waals surface area contributed by atoms with Gasteiger partial charge in [0, 0.05) is 12.1 Å². The SMILES string of the molecule is CC1CNCCC1NC1CCCCC1C(C)(C)C. The Bertz CT molecular complexity index is 256. The van der Waals surface area contributed by atoms with Crippen LogP contribution in [0.25, 0.3) is 0 Å². The minimum atomic E-state index is 0.453. The lowest BCUT2D eigenvalue weighted by molar-refractivity contribution is 0.110. The van der Waals surface area contributed by atoms with Crippen molar-refractivity contribution < 1.29 is 0 Å². The minimum Gasteiger partial charge on any atom is -0.316 e. The normalized spacial score (nSPS) is 38.7. The highest BCUT2D eigenvalue weighted by molar-refractivity contribution is 4.92. The Kier molecular flexibility index (Phi) is 4.71. The molecule has 2 N–H and O–H groups in total. The van der Waals surface area contributed by atoms with Crippen LogP contribution in [0.4, 0.5) is 0 Å². The molecule has 0 aromatic heterocycles. The Morgan fingerprint density at radius 2 is 1.72 bits per heavy atom. The first-order chi connectivity index (χ1) is 8.48. The van der Waals surface area contributed by atoms with Crippen LogP contribution in [0.5, 0.6) is 0 Å². The van der Waals surface area contributed by atoms with Crippen molar-refractivity contribution >= 4 is 0 Å². The van der Waals surface area contributed by atoms with Gasteiger partial charge in [0.1, 0.15) is 0 Å². The smallest absolute Gasteiger partial charge is 0.0120 e. The van der Waals surface area contributed by atoms with Gasteiger partial charge < -0.3 is 10.6 Å². The second-order valence-electron chi connectivity index (χ2n) is 7.61. The number of piperidine rings is 1. The maximum atomic E-state index is 4.02. The molecule has 1 saturated heterocycles. The average Bonchev–Trinajstić information content (AvgIpc) is 2.31. The quantitative estimate of drug-likeness (QED) is 0.789. The molecule has 2 heteroatoms. The van der Waals surface area contributed by atoms with E-state index in [1.807, 2.05) is 0 Å². The molecular formula is C16H32N2. The summed E-state index contributed by atoms with van der Waals surface area (Å²) >= 11 is 0. The Morgan fingerprint density at radius 1 is 1.00 bits per heavy atom. The monoisotopic (exact) mass is 252 g/mol. The zero-order chi connectivity index (χ0) is 13.2. The molecule has 0 bridgehead atoms. The van der Waals surface area contributed by atoms with Crippen molar-refractivity contribution in [1.82, 2.24) is 10.6 Å². The van der Waals surface area contributed by atoms with Crippen LogP contribution in [0.3, 0.4) is 0 Å². The predicted molar refractivity (Wildman–Crippen MR) is 78.8 cm³/mol. The van der Waals surface area contributed by atoms with E-state index in [0.717, 1.165) is 23.9 Å². The van der Waals surface area contributed by atoms with Crippen molar-refractivity contribution in [1.29, 1.82) is 0 Å². The van der Waals surface area contributed by atoms with Crippen molar-refractivity contribution in [3.05, 3.63) is 0 Å². The van der Waals surface area contributed by atoms with Crippen molar-refractivity contribution in [3.8, 4) is 0 Å². The third-order valence-corrected chi connectivity index (χ3v) is 5.09. The molecule has 4 atom stereocenters. The van der Waals surface area contributed by atoms with Crippen molar-refractivity contribution in [2.45, 2.75) is 71.9 Å². The molecule has 2 aliphatic rings. The van der Waals surface area contributed by atoms with E-state index in [2.05, 4.69) is 38.3 Å². The maximum absolute atomic E-state index is 4.02. The second-order valence-corrected chi connectivity index (χ2v) is 7.61. The topological polar surface area (TPSA) is 24.1 Å². The van der Waals surface area contributed by atoms with E-state index in [1.54, 1.807) is 0 Å². The van der Waals surface area contributed by atoms with Crippen molar-refractivity contribution in [2.75, 3.05) is 13.1 Å². The minimum absolute atomic E-state index is 0.453. The molecule has 1 heterocycles. The standard InChI is InChI=1S/C16H32N2/c1-12-11-17-10-9-14(12)18-15-8-6-5-7-13(15)16(2,3)4/h12-15,17-18H,5-11H2,1-4H3. The molecule has 106 valence electrons. The van der Waals surface area contributed by atoms with Crippen molar-refractivity contribution in [2.24, 2.45) is 17.3 Å². The molecule has 2 rings (SSSR count). The van der Waals surface area contributed by atoms with E-state index < -0.39 is 0 Å². The molecule has 2 nitrogen and oxygen atoms in total. The van der Waals surface area contributed by atoms with Crippen LogP contribution in [-0.4, -0.2) is 25.2 Å². The van der Waals surface area contributed by atoms with Gasteiger partial charge in [-0.05, 0) is 49.6 Å². The van der Waals surface area contributed by atoms with Crippen LogP contribution in [-0.2, 0) is 0 Å². The fraction of sp³-hybridized carbons (Fsp3) is 1.00. The van der Waals surface area contributed by atoms with E-state index in [-0.39, 0.29) is 0 Å². The molecule has 1 aliphatic heterocycles. The highest BCUT2D eigenvalue weighted by Crippen LogP contribution is 2.38. The summed E-state index contributed by atoms with van der Waals surface area (Å²) in [7, 11) is 0. The molecule has 18 heavy (non-hydrogen) atoms. The third-order valence-electron chi connectivity index (χ3n) is 5.09. The first kappa shape index (κ1) is 14.3. The maximum Gasteiger partial charge on any atom is 0.0120 e. The van der Waals surface area contributed by atoms with Crippen LogP contribution in [0.1, 0.15) is 59.8 Å². The molecule has 0 aromatic carbocycles. The Morgan fingerprint density at radius 3 is 2.39 bits per heavy atom. The number of hydrogen-bond acceptors (Lipinski definition) is 2. The van der Waals surface area contributed by atoms with E-state index in [9.17, 15) is 0 Å². The van der Waals surface area contributed by atoms with Crippen molar-refractivity contribution in [3.63, 3.8) is 0 Å². The molecule has 1 aliphatic carbocycles. The van der Waals surface area contributed by atoms with Gasteiger partial charge >= 0.3 is 0 Å². The first-order valence-electron chi connectivity index (χ1n) is 7.95.